The van der Waals surface area contributed by atoms with Crippen LogP contribution in [0.5, 0.6) is 0 Å². The predicted octanol–water partition coefficient (Wildman–Crippen LogP) is 2.35. The average Bonchev–Trinajstić information content (AvgIpc) is 2.21. The van der Waals surface area contributed by atoms with Crippen LogP contribution in [0.1, 0.15) is 52.9 Å². The zero-order chi connectivity index (χ0) is 12.4. The fraction of sp³-hybridized carbons (Fsp3) is 0.917. The van der Waals surface area contributed by atoms with E-state index in [1.807, 2.05) is 6.92 Å². The van der Waals surface area contributed by atoms with E-state index < -0.39 is 14.6 Å². The maximum Gasteiger partial charge on any atom is 0.155 e. The lowest BCUT2D eigenvalue weighted by atomic mass is 9.90. The Kier molecular flexibility index (Phi) is 4.16. The first-order valence-electron chi connectivity index (χ1n) is 6.02. The third-order valence-corrected chi connectivity index (χ3v) is 6.69. The van der Waals surface area contributed by atoms with Crippen LogP contribution in [0.3, 0.4) is 0 Å². The first-order valence-corrected chi connectivity index (χ1v) is 7.68. The molecule has 1 rings (SSSR count). The van der Waals surface area contributed by atoms with Crippen molar-refractivity contribution in [3.8, 4) is 0 Å². The van der Waals surface area contributed by atoms with Crippen molar-refractivity contribution in [3.05, 3.63) is 0 Å². The molecular formula is C12H22O3S. The first kappa shape index (κ1) is 13.7. The minimum absolute atomic E-state index is 0.188. The number of hydrogen-bond acceptors (Lipinski definition) is 3. The van der Waals surface area contributed by atoms with Crippen LogP contribution < -0.4 is 0 Å². The van der Waals surface area contributed by atoms with Crippen LogP contribution in [0.4, 0.5) is 0 Å². The monoisotopic (exact) mass is 246 g/mol. The van der Waals surface area contributed by atoms with Crippen molar-refractivity contribution in [3.63, 3.8) is 0 Å². The Hall–Kier alpha value is -0.380. The first-order chi connectivity index (χ1) is 7.28. The van der Waals surface area contributed by atoms with E-state index >= 15 is 0 Å². The Morgan fingerprint density at radius 2 is 1.75 bits per heavy atom. The summed E-state index contributed by atoms with van der Waals surface area (Å²) in [6.45, 7) is 5.48. The van der Waals surface area contributed by atoms with Gasteiger partial charge in [0.15, 0.2) is 9.84 Å². The van der Waals surface area contributed by atoms with Crippen molar-refractivity contribution in [2.45, 2.75) is 57.6 Å². The number of rotatable bonds is 4. The molecule has 1 saturated carbocycles. The number of sulfone groups is 1. The normalized spacial score (nSPS) is 20.1. The molecule has 0 amide bonds. The molecule has 0 N–H and O–H groups in total. The maximum atomic E-state index is 12.1. The molecule has 0 atom stereocenters. The molecule has 0 aromatic heterocycles. The fourth-order valence-corrected chi connectivity index (χ4v) is 3.77. The third-order valence-electron chi connectivity index (χ3n) is 3.81. The van der Waals surface area contributed by atoms with E-state index in [2.05, 4.69) is 0 Å². The molecule has 16 heavy (non-hydrogen) atoms. The number of hydrogen-bond donors (Lipinski definition) is 0. The van der Waals surface area contributed by atoms with Gasteiger partial charge < -0.3 is 0 Å². The molecule has 0 saturated heterocycles. The van der Waals surface area contributed by atoms with Crippen LogP contribution >= 0.6 is 0 Å². The molecule has 1 aliphatic rings. The van der Waals surface area contributed by atoms with Gasteiger partial charge in [-0.05, 0) is 39.0 Å². The summed E-state index contributed by atoms with van der Waals surface area (Å²) in [5.74, 6) is 0.720. The Balaban J connectivity index is 2.64. The number of carbonyl (C=O) groups excluding carboxylic acids is 1. The molecule has 1 aliphatic carbocycles. The molecule has 0 radical (unpaired) electrons. The second kappa shape index (κ2) is 4.86. The van der Waals surface area contributed by atoms with E-state index in [9.17, 15) is 13.2 Å². The van der Waals surface area contributed by atoms with Crippen LogP contribution in [-0.2, 0) is 14.6 Å². The van der Waals surface area contributed by atoms with Gasteiger partial charge in [0.2, 0.25) is 0 Å². The van der Waals surface area contributed by atoms with Crippen molar-refractivity contribution >= 4 is 15.6 Å². The van der Waals surface area contributed by atoms with E-state index in [-0.39, 0.29) is 17.5 Å². The molecule has 0 aromatic carbocycles. The largest absolute Gasteiger partial charge is 0.300 e. The summed E-state index contributed by atoms with van der Waals surface area (Å²) in [7, 11) is -3.04. The van der Waals surface area contributed by atoms with Gasteiger partial charge >= 0.3 is 0 Å². The smallest absolute Gasteiger partial charge is 0.155 e. The lowest BCUT2D eigenvalue weighted by Gasteiger charge is -2.27. The van der Waals surface area contributed by atoms with Gasteiger partial charge in [0, 0.05) is 12.8 Å². The highest BCUT2D eigenvalue weighted by Crippen LogP contribution is 2.28. The van der Waals surface area contributed by atoms with E-state index in [1.54, 1.807) is 13.8 Å². The number of carbonyl (C=O) groups is 1. The second-order valence-electron chi connectivity index (χ2n) is 5.38. The molecule has 0 spiro atoms. The van der Waals surface area contributed by atoms with Crippen molar-refractivity contribution < 1.29 is 13.2 Å². The van der Waals surface area contributed by atoms with Gasteiger partial charge in [-0.3, -0.25) is 4.79 Å². The minimum atomic E-state index is -3.04. The zero-order valence-electron chi connectivity index (χ0n) is 10.5. The van der Waals surface area contributed by atoms with E-state index in [1.165, 1.54) is 0 Å². The Morgan fingerprint density at radius 1 is 1.25 bits per heavy atom. The van der Waals surface area contributed by atoms with Crippen molar-refractivity contribution in [2.75, 3.05) is 5.75 Å². The van der Waals surface area contributed by atoms with Crippen LogP contribution in [0.15, 0.2) is 0 Å². The summed E-state index contributed by atoms with van der Waals surface area (Å²) in [4.78, 5) is 11.1. The standard InChI is InChI=1S/C12H22O3S/c1-4-12(2,3)16(14,15)9-10-5-7-11(13)8-6-10/h10H,4-9H2,1-3H3. The quantitative estimate of drug-likeness (QED) is 0.765. The van der Waals surface area contributed by atoms with Gasteiger partial charge in [-0.25, -0.2) is 8.42 Å². The van der Waals surface area contributed by atoms with Gasteiger partial charge in [0.1, 0.15) is 5.78 Å². The molecule has 0 aromatic rings. The molecule has 0 bridgehead atoms. The summed E-state index contributed by atoms with van der Waals surface area (Å²) in [6, 6.07) is 0. The van der Waals surface area contributed by atoms with Gasteiger partial charge in [0.05, 0.1) is 10.5 Å². The lowest BCUT2D eigenvalue weighted by Crippen LogP contribution is -2.36. The highest BCUT2D eigenvalue weighted by molar-refractivity contribution is 7.92. The molecule has 0 aliphatic heterocycles. The molecule has 0 unspecified atom stereocenters. The average molecular weight is 246 g/mol. The Bertz CT molecular complexity index is 344. The van der Waals surface area contributed by atoms with Gasteiger partial charge in [0.25, 0.3) is 0 Å². The molecule has 4 heteroatoms. The summed E-state index contributed by atoms with van der Waals surface area (Å²) in [6.07, 6.45) is 3.26. The summed E-state index contributed by atoms with van der Waals surface area (Å²) >= 11 is 0. The summed E-state index contributed by atoms with van der Waals surface area (Å²) < 4.78 is 23.7. The molecule has 94 valence electrons. The van der Waals surface area contributed by atoms with Crippen molar-refractivity contribution in [1.82, 2.24) is 0 Å². The third kappa shape index (κ3) is 3.06. The highest BCUT2D eigenvalue weighted by atomic mass is 32.2. The maximum absolute atomic E-state index is 12.1. The molecule has 1 fully saturated rings. The van der Waals surface area contributed by atoms with E-state index in [0.717, 1.165) is 12.8 Å². The summed E-state index contributed by atoms with van der Waals surface area (Å²) in [5, 5.41) is 0. The lowest BCUT2D eigenvalue weighted by molar-refractivity contribution is -0.120. The van der Waals surface area contributed by atoms with Crippen LogP contribution in [-0.4, -0.2) is 24.7 Å². The Labute approximate surface area is 98.5 Å². The van der Waals surface area contributed by atoms with Crippen LogP contribution in [0.2, 0.25) is 0 Å². The summed E-state index contributed by atoms with van der Waals surface area (Å²) in [5.41, 5.74) is 0. The highest BCUT2D eigenvalue weighted by Gasteiger charge is 2.35. The van der Waals surface area contributed by atoms with E-state index in [0.29, 0.717) is 19.3 Å². The van der Waals surface area contributed by atoms with Crippen molar-refractivity contribution in [2.24, 2.45) is 5.92 Å². The molecule has 3 nitrogen and oxygen atoms in total. The van der Waals surface area contributed by atoms with Gasteiger partial charge in [-0.2, -0.15) is 0 Å². The SMILES string of the molecule is CCC(C)(C)S(=O)(=O)CC1CCC(=O)CC1. The molecule has 0 heterocycles. The number of Topliss-reactive ketones (excluding diaryl/α,β-unsaturated/α-hetero) is 1. The second-order valence-corrected chi connectivity index (χ2v) is 8.04. The fourth-order valence-electron chi connectivity index (χ4n) is 1.92. The van der Waals surface area contributed by atoms with Crippen LogP contribution in [0.25, 0.3) is 0 Å². The minimum Gasteiger partial charge on any atom is -0.300 e. The predicted molar refractivity (Wildman–Crippen MR) is 65.1 cm³/mol. The van der Waals surface area contributed by atoms with E-state index in [4.69, 9.17) is 0 Å². The van der Waals surface area contributed by atoms with Crippen molar-refractivity contribution in [1.29, 1.82) is 0 Å². The molecular weight excluding hydrogens is 224 g/mol. The van der Waals surface area contributed by atoms with Gasteiger partial charge in [-0.15, -0.1) is 0 Å². The zero-order valence-corrected chi connectivity index (χ0v) is 11.3. The Morgan fingerprint density at radius 3 is 2.19 bits per heavy atom. The van der Waals surface area contributed by atoms with Gasteiger partial charge in [-0.1, -0.05) is 6.92 Å². The number of ketones is 1. The topological polar surface area (TPSA) is 51.2 Å². The van der Waals surface area contributed by atoms with Crippen LogP contribution in [0, 0.1) is 5.92 Å².